The van der Waals surface area contributed by atoms with Crippen molar-refractivity contribution in [3.05, 3.63) is 29.6 Å². The Bertz CT molecular complexity index is 339. The highest BCUT2D eigenvalue weighted by Crippen LogP contribution is 2.17. The van der Waals surface area contributed by atoms with E-state index < -0.39 is 0 Å². The molecule has 0 radical (unpaired) electrons. The summed E-state index contributed by atoms with van der Waals surface area (Å²) >= 11 is 0. The molecule has 0 aliphatic carbocycles. The van der Waals surface area contributed by atoms with Crippen molar-refractivity contribution in [2.45, 2.75) is 33.7 Å². The summed E-state index contributed by atoms with van der Waals surface area (Å²) in [6.07, 6.45) is 1.08. The van der Waals surface area contributed by atoms with Crippen molar-refractivity contribution in [3.8, 4) is 5.75 Å². The zero-order valence-corrected chi connectivity index (χ0v) is 10.9. The number of benzene rings is 1. The van der Waals surface area contributed by atoms with Gasteiger partial charge in [0.25, 0.3) is 0 Å². The lowest BCUT2D eigenvalue weighted by Crippen LogP contribution is -2.14. The summed E-state index contributed by atoms with van der Waals surface area (Å²) in [6.45, 7) is 8.50. The highest BCUT2D eigenvalue weighted by Gasteiger charge is 2.03. The lowest BCUT2D eigenvalue weighted by Gasteiger charge is -2.11. The lowest BCUT2D eigenvalue weighted by molar-refractivity contribution is 0.269. The molecular formula is C14H22FNO. The molecule has 0 spiro atoms. The molecule has 96 valence electrons. The second-order valence-corrected chi connectivity index (χ2v) is 4.68. The number of hydrogen-bond donors (Lipinski definition) is 1. The van der Waals surface area contributed by atoms with Gasteiger partial charge in [0.2, 0.25) is 0 Å². The van der Waals surface area contributed by atoms with Crippen molar-refractivity contribution in [3.63, 3.8) is 0 Å². The minimum Gasteiger partial charge on any atom is -0.493 e. The molecule has 1 rings (SSSR count). The SMILES string of the molecule is CCCNCc1cc(F)cc(OCC(C)C)c1. The van der Waals surface area contributed by atoms with E-state index in [-0.39, 0.29) is 5.82 Å². The lowest BCUT2D eigenvalue weighted by atomic mass is 10.2. The first-order valence-electron chi connectivity index (χ1n) is 6.24. The second kappa shape index (κ2) is 7.28. The predicted octanol–water partition coefficient (Wildman–Crippen LogP) is 3.36. The Morgan fingerprint density at radius 1 is 1.29 bits per heavy atom. The molecule has 1 N–H and O–H groups in total. The van der Waals surface area contributed by atoms with Gasteiger partial charge in [-0.25, -0.2) is 4.39 Å². The van der Waals surface area contributed by atoms with Crippen LogP contribution in [0.3, 0.4) is 0 Å². The first-order valence-corrected chi connectivity index (χ1v) is 6.24. The van der Waals surface area contributed by atoms with Crippen LogP contribution in [0.5, 0.6) is 5.75 Å². The third-order valence-corrected chi connectivity index (χ3v) is 2.27. The van der Waals surface area contributed by atoms with Gasteiger partial charge >= 0.3 is 0 Å². The molecule has 2 nitrogen and oxygen atoms in total. The number of hydrogen-bond acceptors (Lipinski definition) is 2. The van der Waals surface area contributed by atoms with E-state index in [1.54, 1.807) is 6.07 Å². The van der Waals surface area contributed by atoms with Crippen molar-refractivity contribution in [2.75, 3.05) is 13.2 Å². The van der Waals surface area contributed by atoms with E-state index in [9.17, 15) is 4.39 Å². The van der Waals surface area contributed by atoms with Crippen LogP contribution >= 0.6 is 0 Å². The first kappa shape index (κ1) is 14.0. The Balaban J connectivity index is 2.59. The van der Waals surface area contributed by atoms with E-state index in [0.29, 0.717) is 24.8 Å². The van der Waals surface area contributed by atoms with Crippen LogP contribution in [0.1, 0.15) is 32.8 Å². The maximum Gasteiger partial charge on any atom is 0.127 e. The summed E-state index contributed by atoms with van der Waals surface area (Å²) in [6, 6.07) is 4.88. The maximum atomic E-state index is 13.4. The molecule has 0 amide bonds. The van der Waals surface area contributed by atoms with Crippen LogP contribution in [-0.4, -0.2) is 13.2 Å². The van der Waals surface area contributed by atoms with Crippen LogP contribution in [0.4, 0.5) is 4.39 Å². The summed E-state index contributed by atoms with van der Waals surface area (Å²) in [5.74, 6) is 0.825. The minimum atomic E-state index is -0.237. The van der Waals surface area contributed by atoms with Gasteiger partial charge in [-0.15, -0.1) is 0 Å². The van der Waals surface area contributed by atoms with Gasteiger partial charge in [-0.3, -0.25) is 0 Å². The molecule has 0 aromatic heterocycles. The number of rotatable bonds is 7. The molecule has 0 aliphatic rings. The van der Waals surface area contributed by atoms with Gasteiger partial charge in [0.1, 0.15) is 11.6 Å². The topological polar surface area (TPSA) is 21.3 Å². The molecule has 0 bridgehead atoms. The van der Waals surface area contributed by atoms with E-state index in [2.05, 4.69) is 26.1 Å². The largest absolute Gasteiger partial charge is 0.493 e. The summed E-state index contributed by atoms with van der Waals surface area (Å²) in [4.78, 5) is 0. The van der Waals surface area contributed by atoms with Crippen LogP contribution in [-0.2, 0) is 6.54 Å². The monoisotopic (exact) mass is 239 g/mol. The number of nitrogens with one attached hydrogen (secondary N) is 1. The molecule has 0 unspecified atom stereocenters. The number of halogens is 1. The average molecular weight is 239 g/mol. The van der Waals surface area contributed by atoms with Gasteiger partial charge in [0.15, 0.2) is 0 Å². The fourth-order valence-electron chi connectivity index (χ4n) is 1.48. The molecule has 0 fully saturated rings. The smallest absolute Gasteiger partial charge is 0.127 e. The van der Waals surface area contributed by atoms with Gasteiger partial charge in [-0.1, -0.05) is 20.8 Å². The van der Waals surface area contributed by atoms with E-state index in [1.165, 1.54) is 6.07 Å². The summed E-state index contributed by atoms with van der Waals surface area (Å²) in [5, 5.41) is 3.25. The second-order valence-electron chi connectivity index (χ2n) is 4.68. The van der Waals surface area contributed by atoms with Crippen molar-refractivity contribution in [2.24, 2.45) is 5.92 Å². The third kappa shape index (κ3) is 5.68. The summed E-state index contributed by atoms with van der Waals surface area (Å²) in [5.41, 5.74) is 0.928. The summed E-state index contributed by atoms with van der Waals surface area (Å²) in [7, 11) is 0. The fraction of sp³-hybridized carbons (Fsp3) is 0.571. The Morgan fingerprint density at radius 3 is 2.71 bits per heavy atom. The highest BCUT2D eigenvalue weighted by atomic mass is 19.1. The van der Waals surface area contributed by atoms with Crippen LogP contribution in [0.15, 0.2) is 18.2 Å². The quantitative estimate of drug-likeness (QED) is 0.737. The van der Waals surface area contributed by atoms with E-state index in [0.717, 1.165) is 18.5 Å². The molecule has 17 heavy (non-hydrogen) atoms. The van der Waals surface area contributed by atoms with Crippen molar-refractivity contribution < 1.29 is 9.13 Å². The zero-order chi connectivity index (χ0) is 12.7. The average Bonchev–Trinajstić information content (AvgIpc) is 2.26. The Hall–Kier alpha value is -1.09. The Kier molecular flexibility index (Phi) is 5.98. The van der Waals surface area contributed by atoms with Gasteiger partial charge in [0.05, 0.1) is 6.61 Å². The van der Waals surface area contributed by atoms with Crippen molar-refractivity contribution in [1.82, 2.24) is 5.32 Å². The van der Waals surface area contributed by atoms with Gasteiger partial charge in [0, 0.05) is 12.6 Å². The van der Waals surface area contributed by atoms with Gasteiger partial charge in [-0.05, 0) is 36.6 Å². The van der Waals surface area contributed by atoms with Crippen LogP contribution in [0.25, 0.3) is 0 Å². The standard InChI is InChI=1S/C14H22FNO/c1-4-5-16-9-12-6-13(15)8-14(7-12)17-10-11(2)3/h6-8,11,16H,4-5,9-10H2,1-3H3. The molecule has 0 aliphatic heterocycles. The first-order chi connectivity index (χ1) is 8.11. The minimum absolute atomic E-state index is 0.237. The normalized spacial score (nSPS) is 10.9. The van der Waals surface area contributed by atoms with Gasteiger partial charge in [-0.2, -0.15) is 0 Å². The molecule has 3 heteroatoms. The van der Waals surface area contributed by atoms with Crippen LogP contribution in [0, 0.1) is 11.7 Å². The fourth-order valence-corrected chi connectivity index (χ4v) is 1.48. The van der Waals surface area contributed by atoms with Crippen molar-refractivity contribution in [1.29, 1.82) is 0 Å². The summed E-state index contributed by atoms with van der Waals surface area (Å²) < 4.78 is 18.9. The predicted molar refractivity (Wildman–Crippen MR) is 68.7 cm³/mol. The number of ether oxygens (including phenoxy) is 1. The molecule has 0 heterocycles. The zero-order valence-electron chi connectivity index (χ0n) is 10.9. The molecule has 1 aromatic rings. The van der Waals surface area contributed by atoms with Gasteiger partial charge < -0.3 is 10.1 Å². The third-order valence-electron chi connectivity index (χ3n) is 2.27. The van der Waals surface area contributed by atoms with Crippen molar-refractivity contribution >= 4 is 0 Å². The van der Waals surface area contributed by atoms with Crippen LogP contribution in [0.2, 0.25) is 0 Å². The highest BCUT2D eigenvalue weighted by molar-refractivity contribution is 5.29. The molecule has 1 aromatic carbocycles. The molecule has 0 atom stereocenters. The van der Waals surface area contributed by atoms with Crippen LogP contribution < -0.4 is 10.1 Å². The molecule has 0 saturated carbocycles. The Labute approximate surface area is 103 Å². The Morgan fingerprint density at radius 2 is 2.06 bits per heavy atom. The maximum absolute atomic E-state index is 13.4. The molecular weight excluding hydrogens is 217 g/mol. The van der Waals surface area contributed by atoms with E-state index in [1.807, 2.05) is 6.07 Å². The van der Waals surface area contributed by atoms with E-state index >= 15 is 0 Å². The van der Waals surface area contributed by atoms with E-state index in [4.69, 9.17) is 4.74 Å². The molecule has 0 saturated heterocycles.